The Balaban J connectivity index is 1.90. The van der Waals surface area contributed by atoms with Crippen LogP contribution in [-0.2, 0) is 0 Å². The fourth-order valence-electron chi connectivity index (χ4n) is 1.98. The van der Waals surface area contributed by atoms with Crippen molar-refractivity contribution in [1.82, 2.24) is 4.98 Å². The lowest BCUT2D eigenvalue weighted by atomic mass is 10.1. The molecule has 0 spiro atoms. The second-order valence-electron chi connectivity index (χ2n) is 4.42. The Kier molecular flexibility index (Phi) is 4.08. The molecule has 0 atom stereocenters. The molecule has 3 aromatic rings. The number of thioether (sulfide) groups is 1. The number of hydrogen-bond donors (Lipinski definition) is 1. The number of anilines is 1. The van der Waals surface area contributed by atoms with Gasteiger partial charge in [-0.2, -0.15) is 0 Å². The van der Waals surface area contributed by atoms with E-state index in [0.717, 1.165) is 26.7 Å². The summed E-state index contributed by atoms with van der Waals surface area (Å²) in [5.41, 5.74) is 0.588. The van der Waals surface area contributed by atoms with Crippen LogP contribution in [-0.4, -0.2) is 17.1 Å². The van der Waals surface area contributed by atoms with Crippen LogP contribution in [0, 0.1) is 11.6 Å². The number of carbonyl (C=O) groups excluding carboxylic acids is 1. The molecule has 0 unspecified atom stereocenters. The zero-order chi connectivity index (χ0) is 15.7. The first-order valence-electron chi connectivity index (χ1n) is 6.28. The Morgan fingerprint density at radius 3 is 2.64 bits per heavy atom. The quantitative estimate of drug-likeness (QED) is 0.714. The molecule has 0 aliphatic carbocycles. The van der Waals surface area contributed by atoms with Crippen LogP contribution >= 0.6 is 23.1 Å². The van der Waals surface area contributed by atoms with Gasteiger partial charge in [0.05, 0.1) is 10.2 Å². The lowest BCUT2D eigenvalue weighted by Crippen LogP contribution is -2.15. The van der Waals surface area contributed by atoms with Gasteiger partial charge in [0.2, 0.25) is 0 Å². The van der Waals surface area contributed by atoms with Gasteiger partial charge in [0.1, 0.15) is 17.2 Å². The monoisotopic (exact) mass is 336 g/mol. The van der Waals surface area contributed by atoms with Crippen molar-refractivity contribution in [3.05, 3.63) is 53.6 Å². The number of thiazole rings is 1. The fraction of sp³-hybridized carbons (Fsp3) is 0.0667. The number of amides is 1. The predicted molar refractivity (Wildman–Crippen MR) is 85.7 cm³/mol. The molecule has 1 N–H and O–H groups in total. The maximum absolute atomic E-state index is 13.6. The van der Waals surface area contributed by atoms with Crippen molar-refractivity contribution in [2.75, 3.05) is 11.6 Å². The summed E-state index contributed by atoms with van der Waals surface area (Å²) in [5.74, 6) is -2.61. The average Bonchev–Trinajstić information content (AvgIpc) is 2.89. The minimum atomic E-state index is -0.892. The minimum absolute atomic E-state index is 0.443. The highest BCUT2D eigenvalue weighted by Gasteiger charge is 2.17. The molecule has 3 rings (SSSR count). The number of fused-ring (bicyclic) bond motifs is 1. The molecule has 0 bridgehead atoms. The van der Waals surface area contributed by atoms with Crippen molar-refractivity contribution in [2.45, 2.75) is 4.34 Å². The number of rotatable bonds is 3. The number of halogens is 2. The molecule has 7 heteroatoms. The van der Waals surface area contributed by atoms with Crippen LogP contribution in [0.3, 0.4) is 0 Å². The predicted octanol–water partition coefficient (Wildman–Crippen LogP) is 4.55. The Morgan fingerprint density at radius 2 is 1.95 bits per heavy atom. The molecule has 22 heavy (non-hydrogen) atoms. The van der Waals surface area contributed by atoms with Crippen LogP contribution in [0.5, 0.6) is 0 Å². The molecule has 0 saturated carbocycles. The van der Waals surface area contributed by atoms with E-state index in [0.29, 0.717) is 5.69 Å². The molecule has 0 aliphatic heterocycles. The molecule has 3 nitrogen and oxygen atoms in total. The number of benzene rings is 2. The average molecular weight is 336 g/mol. The van der Waals surface area contributed by atoms with Crippen LogP contribution in [0.15, 0.2) is 40.7 Å². The number of aromatic nitrogens is 1. The van der Waals surface area contributed by atoms with Crippen molar-refractivity contribution in [2.24, 2.45) is 0 Å². The van der Waals surface area contributed by atoms with Gasteiger partial charge < -0.3 is 5.32 Å². The molecule has 0 saturated heterocycles. The summed E-state index contributed by atoms with van der Waals surface area (Å²) in [6.45, 7) is 0. The summed E-state index contributed by atoms with van der Waals surface area (Å²) in [6, 6.07) is 8.50. The maximum Gasteiger partial charge on any atom is 0.261 e. The SMILES string of the molecule is CSc1nc2cc(NC(=O)c3c(F)cccc3F)ccc2s1. The Bertz CT molecular complexity index is 844. The number of nitrogens with one attached hydrogen (secondary N) is 1. The van der Waals surface area contributed by atoms with Crippen molar-refractivity contribution in [1.29, 1.82) is 0 Å². The molecule has 1 heterocycles. The second kappa shape index (κ2) is 6.02. The largest absolute Gasteiger partial charge is 0.322 e. The number of carbonyl (C=O) groups is 1. The highest BCUT2D eigenvalue weighted by Crippen LogP contribution is 2.30. The topological polar surface area (TPSA) is 42.0 Å². The molecule has 1 aromatic heterocycles. The first-order valence-corrected chi connectivity index (χ1v) is 8.32. The van der Waals surface area contributed by atoms with Crippen LogP contribution in [0.1, 0.15) is 10.4 Å². The summed E-state index contributed by atoms with van der Waals surface area (Å²) in [4.78, 5) is 16.4. The van der Waals surface area contributed by atoms with Crippen molar-refractivity contribution in [3.63, 3.8) is 0 Å². The van der Waals surface area contributed by atoms with E-state index in [1.165, 1.54) is 17.8 Å². The zero-order valence-corrected chi connectivity index (χ0v) is 13.0. The van der Waals surface area contributed by atoms with Gasteiger partial charge in [0.15, 0.2) is 4.34 Å². The highest BCUT2D eigenvalue weighted by molar-refractivity contribution is 8.00. The molecule has 0 radical (unpaired) electrons. The standard InChI is InChI=1S/C15H10F2N2OS2/c1-21-15-19-11-7-8(5-6-12(11)22-15)18-14(20)13-9(16)3-2-4-10(13)17/h2-7H,1H3,(H,18,20). The van der Waals surface area contributed by atoms with Gasteiger partial charge in [0.25, 0.3) is 5.91 Å². The molecule has 112 valence electrons. The number of nitrogens with zero attached hydrogens (tertiary/aromatic N) is 1. The summed E-state index contributed by atoms with van der Waals surface area (Å²) >= 11 is 3.08. The third-order valence-corrected chi connectivity index (χ3v) is 5.01. The molecule has 0 aliphatic rings. The third kappa shape index (κ3) is 2.82. The van der Waals surface area contributed by atoms with E-state index >= 15 is 0 Å². The summed E-state index contributed by atoms with van der Waals surface area (Å²) in [5, 5.41) is 2.50. The van der Waals surface area contributed by atoms with Gasteiger partial charge in [-0.05, 0) is 36.6 Å². The molecule has 1 amide bonds. The lowest BCUT2D eigenvalue weighted by Gasteiger charge is -2.07. The van der Waals surface area contributed by atoms with E-state index in [4.69, 9.17) is 0 Å². The van der Waals surface area contributed by atoms with Crippen molar-refractivity contribution in [3.8, 4) is 0 Å². The Morgan fingerprint density at radius 1 is 1.23 bits per heavy atom. The van der Waals surface area contributed by atoms with E-state index in [9.17, 15) is 13.6 Å². The van der Waals surface area contributed by atoms with Gasteiger partial charge in [-0.25, -0.2) is 13.8 Å². The van der Waals surface area contributed by atoms with E-state index in [1.54, 1.807) is 23.5 Å². The smallest absolute Gasteiger partial charge is 0.261 e. The molecule has 2 aromatic carbocycles. The fourth-order valence-corrected chi connectivity index (χ4v) is 3.45. The van der Waals surface area contributed by atoms with Crippen LogP contribution in [0.4, 0.5) is 14.5 Å². The zero-order valence-electron chi connectivity index (χ0n) is 11.4. The van der Waals surface area contributed by atoms with Gasteiger partial charge in [-0.15, -0.1) is 11.3 Å². The summed E-state index contributed by atoms with van der Waals surface area (Å²) in [7, 11) is 0. The van der Waals surface area contributed by atoms with Gasteiger partial charge in [0, 0.05) is 5.69 Å². The third-order valence-electron chi connectivity index (χ3n) is 2.99. The Labute approximate surface area is 133 Å². The molecule has 0 fully saturated rings. The van der Waals surface area contributed by atoms with Crippen molar-refractivity contribution >= 4 is 44.9 Å². The summed E-state index contributed by atoms with van der Waals surface area (Å²) in [6.07, 6.45) is 1.93. The highest BCUT2D eigenvalue weighted by atomic mass is 32.2. The Hall–Kier alpha value is -1.99. The van der Waals surface area contributed by atoms with Gasteiger partial charge in [-0.1, -0.05) is 17.8 Å². The van der Waals surface area contributed by atoms with E-state index < -0.39 is 23.1 Å². The summed E-state index contributed by atoms with van der Waals surface area (Å²) < 4.78 is 29.1. The van der Waals surface area contributed by atoms with Crippen molar-refractivity contribution < 1.29 is 13.6 Å². The van der Waals surface area contributed by atoms with E-state index in [-0.39, 0.29) is 0 Å². The van der Waals surface area contributed by atoms with Crippen LogP contribution < -0.4 is 5.32 Å². The van der Waals surface area contributed by atoms with E-state index in [2.05, 4.69) is 10.3 Å². The van der Waals surface area contributed by atoms with Gasteiger partial charge in [-0.3, -0.25) is 4.79 Å². The normalized spacial score (nSPS) is 10.9. The first-order chi connectivity index (χ1) is 10.6. The number of hydrogen-bond acceptors (Lipinski definition) is 4. The maximum atomic E-state index is 13.6. The second-order valence-corrected chi connectivity index (χ2v) is 6.50. The lowest BCUT2D eigenvalue weighted by molar-refractivity contribution is 0.101. The minimum Gasteiger partial charge on any atom is -0.322 e. The van der Waals surface area contributed by atoms with E-state index in [1.807, 2.05) is 12.3 Å². The van der Waals surface area contributed by atoms with Crippen LogP contribution in [0.25, 0.3) is 10.2 Å². The molecular formula is C15H10F2N2OS2. The van der Waals surface area contributed by atoms with Crippen LogP contribution in [0.2, 0.25) is 0 Å². The molecular weight excluding hydrogens is 326 g/mol. The first kappa shape index (κ1) is 14.9. The van der Waals surface area contributed by atoms with Gasteiger partial charge >= 0.3 is 0 Å².